The Bertz CT molecular complexity index is 426. The second-order valence-corrected chi connectivity index (χ2v) is 6.42. The number of benzene rings is 1. The van der Waals surface area contributed by atoms with Crippen molar-refractivity contribution in [2.45, 2.75) is 57.2 Å². The van der Waals surface area contributed by atoms with Crippen LogP contribution in [0.25, 0.3) is 0 Å². The van der Waals surface area contributed by atoms with E-state index in [2.05, 4.69) is 36.3 Å². The number of rotatable bonds is 2. The molecule has 2 nitrogen and oxygen atoms in total. The fraction of sp³-hybridized carbons (Fsp3) is 0.625. The van der Waals surface area contributed by atoms with Crippen LogP contribution in [-0.4, -0.2) is 25.2 Å². The molecule has 1 N–H and O–H groups in total. The minimum absolute atomic E-state index is 0.656. The molecule has 0 saturated carbocycles. The zero-order valence-corrected chi connectivity index (χ0v) is 12.6. The van der Waals surface area contributed by atoms with Gasteiger partial charge in [-0.15, -0.1) is 0 Å². The topological polar surface area (TPSA) is 15.3 Å². The van der Waals surface area contributed by atoms with Gasteiger partial charge in [-0.1, -0.05) is 23.7 Å². The van der Waals surface area contributed by atoms with Crippen molar-refractivity contribution >= 4 is 17.3 Å². The van der Waals surface area contributed by atoms with Crippen molar-refractivity contribution in [2.24, 2.45) is 0 Å². The molecule has 0 aliphatic carbocycles. The van der Waals surface area contributed by atoms with Gasteiger partial charge in [0.25, 0.3) is 0 Å². The van der Waals surface area contributed by atoms with E-state index in [0.29, 0.717) is 18.1 Å². The first-order valence-electron chi connectivity index (χ1n) is 7.41. The summed E-state index contributed by atoms with van der Waals surface area (Å²) in [5.41, 5.74) is 2.60. The largest absolute Gasteiger partial charge is 0.364 e. The highest BCUT2D eigenvalue weighted by Crippen LogP contribution is 2.41. The first-order valence-corrected chi connectivity index (χ1v) is 7.79. The summed E-state index contributed by atoms with van der Waals surface area (Å²) < 4.78 is 0. The van der Waals surface area contributed by atoms with Gasteiger partial charge in [0, 0.05) is 18.1 Å². The molecule has 2 fully saturated rings. The average Bonchev–Trinajstić information content (AvgIpc) is 2.38. The van der Waals surface area contributed by atoms with Crippen molar-refractivity contribution in [3.05, 3.63) is 28.8 Å². The Kier molecular flexibility index (Phi) is 3.72. The van der Waals surface area contributed by atoms with Crippen LogP contribution < -0.4 is 10.2 Å². The number of halogens is 1. The Labute approximate surface area is 121 Å². The highest BCUT2D eigenvalue weighted by atomic mass is 35.5. The maximum Gasteiger partial charge on any atom is 0.0642 e. The van der Waals surface area contributed by atoms with Gasteiger partial charge in [-0.05, 0) is 57.7 Å². The van der Waals surface area contributed by atoms with E-state index in [1.54, 1.807) is 0 Å². The average molecular weight is 279 g/mol. The summed E-state index contributed by atoms with van der Waals surface area (Å²) in [7, 11) is 2.09. The number of nitrogens with one attached hydrogen (secondary N) is 1. The molecule has 0 amide bonds. The number of hydrogen-bond acceptors (Lipinski definition) is 2. The maximum absolute atomic E-state index is 6.49. The third kappa shape index (κ3) is 2.36. The molecule has 1 aromatic carbocycles. The van der Waals surface area contributed by atoms with Gasteiger partial charge in [0.05, 0.1) is 10.7 Å². The summed E-state index contributed by atoms with van der Waals surface area (Å²) in [6.45, 7) is 2.18. The van der Waals surface area contributed by atoms with E-state index in [9.17, 15) is 0 Å². The molecule has 2 unspecified atom stereocenters. The molecule has 2 aliphatic heterocycles. The van der Waals surface area contributed by atoms with Gasteiger partial charge < -0.3 is 10.2 Å². The van der Waals surface area contributed by atoms with E-state index in [1.807, 2.05) is 6.07 Å². The van der Waals surface area contributed by atoms with E-state index < -0.39 is 0 Å². The van der Waals surface area contributed by atoms with Crippen LogP contribution in [0.15, 0.2) is 18.2 Å². The van der Waals surface area contributed by atoms with Crippen LogP contribution in [0.4, 0.5) is 5.69 Å². The van der Waals surface area contributed by atoms with Gasteiger partial charge in [0.15, 0.2) is 0 Å². The van der Waals surface area contributed by atoms with Gasteiger partial charge in [0.1, 0.15) is 0 Å². The minimum Gasteiger partial charge on any atom is -0.364 e. The molecular weight excluding hydrogens is 256 g/mol. The van der Waals surface area contributed by atoms with Crippen LogP contribution >= 0.6 is 11.6 Å². The molecule has 0 radical (unpaired) electrons. The fourth-order valence-corrected chi connectivity index (χ4v) is 4.25. The first-order chi connectivity index (χ1) is 9.20. The van der Waals surface area contributed by atoms with Crippen LogP contribution in [0.5, 0.6) is 0 Å². The smallest absolute Gasteiger partial charge is 0.0642 e. The minimum atomic E-state index is 0.656. The summed E-state index contributed by atoms with van der Waals surface area (Å²) in [6, 6.07) is 8.25. The molecule has 1 aromatic rings. The van der Waals surface area contributed by atoms with Crippen molar-refractivity contribution in [3.8, 4) is 0 Å². The van der Waals surface area contributed by atoms with Crippen molar-refractivity contribution < 1.29 is 0 Å². The molecule has 2 aliphatic rings. The number of para-hydroxylation sites is 1. The molecule has 2 bridgehead atoms. The molecule has 0 spiro atoms. The Morgan fingerprint density at radius 1 is 1.21 bits per heavy atom. The van der Waals surface area contributed by atoms with Crippen molar-refractivity contribution in [1.82, 2.24) is 5.32 Å². The first kappa shape index (κ1) is 13.3. The second-order valence-electron chi connectivity index (χ2n) is 6.01. The number of anilines is 1. The zero-order chi connectivity index (χ0) is 13.4. The van der Waals surface area contributed by atoms with Gasteiger partial charge in [-0.3, -0.25) is 0 Å². The van der Waals surface area contributed by atoms with Gasteiger partial charge in [-0.2, -0.15) is 0 Å². The predicted molar refractivity (Wildman–Crippen MR) is 82.2 cm³/mol. The van der Waals surface area contributed by atoms with E-state index in [0.717, 1.165) is 5.02 Å². The number of fused-ring (bicyclic) bond motifs is 2. The Morgan fingerprint density at radius 2 is 1.89 bits per heavy atom. The number of nitrogens with zero attached hydrogens (tertiary/aromatic N) is 1. The van der Waals surface area contributed by atoms with Gasteiger partial charge in [-0.25, -0.2) is 0 Å². The number of aryl methyl sites for hydroxylation is 1. The van der Waals surface area contributed by atoms with E-state index in [-0.39, 0.29) is 0 Å². The molecule has 2 saturated heterocycles. The molecule has 3 heteroatoms. The summed E-state index contributed by atoms with van der Waals surface area (Å²) in [5, 5.41) is 4.39. The third-order valence-corrected chi connectivity index (χ3v) is 5.13. The lowest BCUT2D eigenvalue weighted by Gasteiger charge is -2.51. The lowest BCUT2D eigenvalue weighted by Crippen LogP contribution is -2.56. The van der Waals surface area contributed by atoms with E-state index in [1.165, 1.54) is 43.4 Å². The molecular formula is C16H23ClN2. The summed E-state index contributed by atoms with van der Waals surface area (Å²) in [4.78, 5) is 2.63. The predicted octanol–water partition coefficient (Wildman–Crippen LogP) is 3.76. The number of piperidine rings is 2. The highest BCUT2D eigenvalue weighted by molar-refractivity contribution is 6.33. The van der Waals surface area contributed by atoms with E-state index >= 15 is 0 Å². The quantitative estimate of drug-likeness (QED) is 0.886. The molecule has 2 heterocycles. The van der Waals surface area contributed by atoms with Crippen LogP contribution in [0.3, 0.4) is 0 Å². The highest BCUT2D eigenvalue weighted by Gasteiger charge is 2.38. The monoisotopic (exact) mass is 278 g/mol. The lowest BCUT2D eigenvalue weighted by atomic mass is 9.81. The fourth-order valence-electron chi connectivity index (χ4n) is 3.93. The normalized spacial score (nSPS) is 30.5. The molecule has 104 valence electrons. The van der Waals surface area contributed by atoms with Crippen LogP contribution in [0, 0.1) is 6.92 Å². The van der Waals surface area contributed by atoms with Crippen molar-refractivity contribution in [3.63, 3.8) is 0 Å². The maximum atomic E-state index is 6.49. The van der Waals surface area contributed by atoms with Crippen LogP contribution in [-0.2, 0) is 0 Å². The Balaban J connectivity index is 1.96. The summed E-state index contributed by atoms with van der Waals surface area (Å²) in [6.07, 6.45) is 6.47. The van der Waals surface area contributed by atoms with Crippen molar-refractivity contribution in [2.75, 3.05) is 11.9 Å². The van der Waals surface area contributed by atoms with Gasteiger partial charge in [0.2, 0.25) is 0 Å². The Hall–Kier alpha value is -0.730. The van der Waals surface area contributed by atoms with Gasteiger partial charge >= 0.3 is 0 Å². The van der Waals surface area contributed by atoms with Crippen LogP contribution in [0.1, 0.15) is 37.7 Å². The second kappa shape index (κ2) is 5.34. The van der Waals surface area contributed by atoms with Crippen LogP contribution in [0.2, 0.25) is 5.02 Å². The summed E-state index contributed by atoms with van der Waals surface area (Å²) >= 11 is 6.49. The molecule has 0 aromatic heterocycles. The molecule has 2 atom stereocenters. The molecule has 3 rings (SSSR count). The third-order valence-electron chi connectivity index (χ3n) is 4.83. The lowest BCUT2D eigenvalue weighted by molar-refractivity contribution is 0.252. The van der Waals surface area contributed by atoms with Crippen molar-refractivity contribution in [1.29, 1.82) is 0 Å². The number of hydrogen-bond donors (Lipinski definition) is 1. The Morgan fingerprint density at radius 3 is 2.47 bits per heavy atom. The van der Waals surface area contributed by atoms with E-state index in [4.69, 9.17) is 11.6 Å². The molecule has 19 heavy (non-hydrogen) atoms. The SMILES string of the molecule is CNC1CC2CCCC(C1)N2c1c(C)cccc1Cl. The standard InChI is InChI=1S/C16H23ClN2/c1-11-5-3-8-15(17)16(11)19-13-6-4-7-14(19)10-12(9-13)18-2/h3,5,8,12-14,18H,4,6-7,9-10H2,1-2H3. The summed E-state index contributed by atoms with van der Waals surface area (Å²) in [5.74, 6) is 0. The zero-order valence-electron chi connectivity index (χ0n) is 11.8.